The number of rotatable bonds is 5. The standard InChI is InChI=1S/C27H32N4O4/c1-29-22-7-6-21(16-23(22)30(2)27(29)34)26(33)31-11-9-18(10-12-31)15-25(32)28-17-19-5-8-24-20(14-19)4-3-13-35-24/h5-8,14,16,18H,3-4,9-13,15,17H2,1-2H3,(H,28,32). The molecule has 0 unspecified atom stereocenters. The zero-order chi connectivity index (χ0) is 24.5. The van der Waals surface area contributed by atoms with E-state index >= 15 is 0 Å². The molecule has 2 aliphatic rings. The van der Waals surface area contributed by atoms with E-state index in [0.29, 0.717) is 31.6 Å². The quantitative estimate of drug-likeness (QED) is 0.614. The van der Waals surface area contributed by atoms with Gasteiger partial charge in [0, 0.05) is 45.7 Å². The molecule has 0 spiro atoms. The van der Waals surface area contributed by atoms with Gasteiger partial charge in [-0.3, -0.25) is 18.7 Å². The number of aryl methyl sites for hydroxylation is 3. The van der Waals surface area contributed by atoms with E-state index in [1.54, 1.807) is 35.4 Å². The molecule has 2 aromatic carbocycles. The molecule has 8 nitrogen and oxygen atoms in total. The van der Waals surface area contributed by atoms with E-state index in [4.69, 9.17) is 4.74 Å². The van der Waals surface area contributed by atoms with Crippen LogP contribution in [0.15, 0.2) is 41.2 Å². The Labute approximate surface area is 204 Å². The van der Waals surface area contributed by atoms with E-state index < -0.39 is 0 Å². The van der Waals surface area contributed by atoms with Crippen LogP contribution in [0, 0.1) is 5.92 Å². The molecule has 0 atom stereocenters. The second kappa shape index (κ2) is 9.60. The van der Waals surface area contributed by atoms with Gasteiger partial charge in [0.05, 0.1) is 17.6 Å². The van der Waals surface area contributed by atoms with Gasteiger partial charge >= 0.3 is 5.69 Å². The number of nitrogens with zero attached hydrogens (tertiary/aromatic N) is 3. The number of hydrogen-bond acceptors (Lipinski definition) is 4. The largest absolute Gasteiger partial charge is 0.493 e. The van der Waals surface area contributed by atoms with Crippen LogP contribution in [0.4, 0.5) is 0 Å². The summed E-state index contributed by atoms with van der Waals surface area (Å²) in [4.78, 5) is 39.7. The molecule has 2 aliphatic heterocycles. The van der Waals surface area contributed by atoms with Gasteiger partial charge < -0.3 is 15.0 Å². The van der Waals surface area contributed by atoms with Crippen molar-refractivity contribution in [2.45, 2.75) is 38.6 Å². The van der Waals surface area contributed by atoms with E-state index in [-0.39, 0.29) is 23.4 Å². The molecule has 0 saturated carbocycles. The van der Waals surface area contributed by atoms with Crippen molar-refractivity contribution in [1.82, 2.24) is 19.4 Å². The zero-order valence-electron chi connectivity index (χ0n) is 20.4. The monoisotopic (exact) mass is 476 g/mol. The molecule has 0 aliphatic carbocycles. The Morgan fingerprint density at radius 3 is 2.60 bits per heavy atom. The van der Waals surface area contributed by atoms with Crippen molar-refractivity contribution in [2.75, 3.05) is 19.7 Å². The molecule has 184 valence electrons. The number of piperidine rings is 1. The second-order valence-electron chi connectivity index (χ2n) is 9.71. The second-order valence-corrected chi connectivity index (χ2v) is 9.71. The van der Waals surface area contributed by atoms with Crippen LogP contribution in [-0.2, 0) is 31.9 Å². The third kappa shape index (κ3) is 4.70. The molecule has 35 heavy (non-hydrogen) atoms. The molecular formula is C27H32N4O4. The van der Waals surface area contributed by atoms with Gasteiger partial charge in [-0.25, -0.2) is 4.79 Å². The summed E-state index contributed by atoms with van der Waals surface area (Å²) in [6, 6.07) is 11.6. The van der Waals surface area contributed by atoms with Gasteiger partial charge in [0.2, 0.25) is 5.91 Å². The number of fused-ring (bicyclic) bond motifs is 2. The highest BCUT2D eigenvalue weighted by atomic mass is 16.5. The molecule has 5 rings (SSSR count). The highest BCUT2D eigenvalue weighted by Crippen LogP contribution is 2.26. The molecule has 1 saturated heterocycles. The van der Waals surface area contributed by atoms with E-state index in [1.165, 1.54) is 5.56 Å². The fourth-order valence-corrected chi connectivity index (χ4v) is 5.22. The van der Waals surface area contributed by atoms with Crippen LogP contribution >= 0.6 is 0 Å². The molecule has 8 heteroatoms. The van der Waals surface area contributed by atoms with Crippen molar-refractivity contribution < 1.29 is 14.3 Å². The zero-order valence-corrected chi connectivity index (χ0v) is 20.4. The molecule has 2 amide bonds. The predicted molar refractivity (Wildman–Crippen MR) is 134 cm³/mol. The van der Waals surface area contributed by atoms with Crippen molar-refractivity contribution in [3.63, 3.8) is 0 Å². The van der Waals surface area contributed by atoms with Gasteiger partial charge in [-0.15, -0.1) is 0 Å². The van der Waals surface area contributed by atoms with Crippen LogP contribution in [0.25, 0.3) is 11.0 Å². The van der Waals surface area contributed by atoms with Gasteiger partial charge in [0.15, 0.2) is 0 Å². The van der Waals surface area contributed by atoms with Crippen LogP contribution in [0.5, 0.6) is 5.75 Å². The van der Waals surface area contributed by atoms with E-state index in [2.05, 4.69) is 11.4 Å². The first-order chi connectivity index (χ1) is 16.9. The molecular weight excluding hydrogens is 444 g/mol. The van der Waals surface area contributed by atoms with Crippen LogP contribution in [0.3, 0.4) is 0 Å². The van der Waals surface area contributed by atoms with Gasteiger partial charge in [-0.1, -0.05) is 12.1 Å². The molecule has 1 aromatic heterocycles. The number of nitrogens with one attached hydrogen (secondary N) is 1. The lowest BCUT2D eigenvalue weighted by Crippen LogP contribution is -2.39. The summed E-state index contributed by atoms with van der Waals surface area (Å²) in [6.07, 6.45) is 4.15. The predicted octanol–water partition coefficient (Wildman–Crippen LogP) is 2.76. The first kappa shape index (κ1) is 23.2. The number of amides is 2. The fraction of sp³-hybridized carbons (Fsp3) is 0.444. The fourth-order valence-electron chi connectivity index (χ4n) is 5.22. The highest BCUT2D eigenvalue weighted by Gasteiger charge is 2.25. The smallest absolute Gasteiger partial charge is 0.328 e. The minimum Gasteiger partial charge on any atom is -0.493 e. The third-order valence-electron chi connectivity index (χ3n) is 7.36. The van der Waals surface area contributed by atoms with Crippen molar-refractivity contribution in [3.8, 4) is 5.75 Å². The Bertz CT molecular complexity index is 1330. The maximum absolute atomic E-state index is 13.1. The molecule has 1 fully saturated rings. The number of likely N-dealkylation sites (tertiary alicyclic amines) is 1. The first-order valence-electron chi connectivity index (χ1n) is 12.4. The van der Waals surface area contributed by atoms with E-state index in [0.717, 1.165) is 54.6 Å². The lowest BCUT2D eigenvalue weighted by atomic mass is 9.92. The summed E-state index contributed by atoms with van der Waals surface area (Å²) in [7, 11) is 3.45. The van der Waals surface area contributed by atoms with Gasteiger partial charge in [-0.2, -0.15) is 0 Å². The van der Waals surface area contributed by atoms with Crippen molar-refractivity contribution in [1.29, 1.82) is 0 Å². The van der Waals surface area contributed by atoms with Gasteiger partial charge in [-0.05, 0) is 67.0 Å². The lowest BCUT2D eigenvalue weighted by molar-refractivity contribution is -0.122. The molecule has 0 radical (unpaired) electrons. The Balaban J connectivity index is 1.12. The third-order valence-corrected chi connectivity index (χ3v) is 7.36. The number of carbonyl (C=O) groups excluding carboxylic acids is 2. The summed E-state index contributed by atoms with van der Waals surface area (Å²) < 4.78 is 8.81. The average Bonchev–Trinajstić information content (AvgIpc) is 3.10. The van der Waals surface area contributed by atoms with Crippen LogP contribution in [-0.4, -0.2) is 45.5 Å². The molecule has 3 aromatic rings. The van der Waals surface area contributed by atoms with E-state index in [1.807, 2.05) is 23.1 Å². The maximum atomic E-state index is 13.1. The minimum atomic E-state index is -0.107. The summed E-state index contributed by atoms with van der Waals surface area (Å²) in [5, 5.41) is 3.05. The number of imidazole rings is 1. The summed E-state index contributed by atoms with van der Waals surface area (Å²) in [5.41, 5.74) is 4.35. The Hall–Kier alpha value is -3.55. The Morgan fingerprint density at radius 1 is 1.03 bits per heavy atom. The molecule has 3 heterocycles. The maximum Gasteiger partial charge on any atom is 0.328 e. The van der Waals surface area contributed by atoms with Crippen LogP contribution in [0.2, 0.25) is 0 Å². The minimum absolute atomic E-state index is 0.0255. The average molecular weight is 477 g/mol. The lowest BCUT2D eigenvalue weighted by Gasteiger charge is -2.32. The van der Waals surface area contributed by atoms with Crippen molar-refractivity contribution in [3.05, 3.63) is 63.6 Å². The number of hydrogen-bond donors (Lipinski definition) is 1. The summed E-state index contributed by atoms with van der Waals surface area (Å²) in [5.74, 6) is 1.26. The summed E-state index contributed by atoms with van der Waals surface area (Å²) >= 11 is 0. The molecule has 0 bridgehead atoms. The Kier molecular flexibility index (Phi) is 6.36. The van der Waals surface area contributed by atoms with Gasteiger partial charge in [0.25, 0.3) is 5.91 Å². The Morgan fingerprint density at radius 2 is 1.80 bits per heavy atom. The van der Waals surface area contributed by atoms with Crippen LogP contribution in [0.1, 0.15) is 47.2 Å². The number of benzene rings is 2. The summed E-state index contributed by atoms with van der Waals surface area (Å²) in [6.45, 7) is 2.56. The van der Waals surface area contributed by atoms with Crippen molar-refractivity contribution in [2.24, 2.45) is 20.0 Å². The normalized spacial score (nSPS) is 16.1. The molecule has 1 N–H and O–H groups in total. The number of ether oxygens (including phenoxy) is 1. The first-order valence-corrected chi connectivity index (χ1v) is 12.4. The van der Waals surface area contributed by atoms with Gasteiger partial charge in [0.1, 0.15) is 5.75 Å². The number of aromatic nitrogens is 2. The topological polar surface area (TPSA) is 85.6 Å². The SMILES string of the molecule is Cn1c(=O)n(C)c2cc(C(=O)N3CCC(CC(=O)NCc4ccc5c(c4)CCCO5)CC3)ccc21. The van der Waals surface area contributed by atoms with Crippen molar-refractivity contribution >= 4 is 22.8 Å². The number of carbonyl (C=O) groups is 2. The van der Waals surface area contributed by atoms with E-state index in [9.17, 15) is 14.4 Å². The highest BCUT2D eigenvalue weighted by molar-refractivity contribution is 5.97. The van der Waals surface area contributed by atoms with Crippen LogP contribution < -0.4 is 15.7 Å².